The molecule has 0 fully saturated rings. The molecule has 1 aromatic rings. The van der Waals surface area contributed by atoms with E-state index >= 15 is 0 Å². The molecule has 0 aromatic heterocycles. The van der Waals surface area contributed by atoms with E-state index in [-0.39, 0.29) is 10.8 Å². The van der Waals surface area contributed by atoms with Gasteiger partial charge in [-0.2, -0.15) is 0 Å². The number of benzene rings is 1. The van der Waals surface area contributed by atoms with Crippen molar-refractivity contribution in [2.75, 3.05) is 5.12 Å². The fraction of sp³-hybridized carbons (Fsp3) is 0.125. The van der Waals surface area contributed by atoms with Crippen LogP contribution in [0.25, 0.3) is 0 Å². The summed E-state index contributed by atoms with van der Waals surface area (Å²) in [6.45, 7) is 0. The van der Waals surface area contributed by atoms with Gasteiger partial charge in [0.15, 0.2) is 4.17 Å². The van der Waals surface area contributed by atoms with Crippen molar-refractivity contribution in [2.24, 2.45) is 0 Å². The topological polar surface area (TPSA) is 29.5 Å². The maximum atomic E-state index is 13.2. The largest absolute Gasteiger partial charge is 0.455 e. The Morgan fingerprint density at radius 1 is 1.40 bits per heavy atom. The Morgan fingerprint density at radius 2 is 2.00 bits per heavy atom. The van der Waals surface area contributed by atoms with Crippen LogP contribution in [0, 0.1) is 0 Å². The fourth-order valence-electron chi connectivity index (χ4n) is 0.775. The average Bonchev–Trinajstić information content (AvgIpc) is 2.26. The smallest absolute Gasteiger partial charge is 0.370 e. The summed E-state index contributed by atoms with van der Waals surface area (Å²) in [5.41, 5.74) is 0.0730. The number of hydrogen-bond acceptors (Lipinski definition) is 3. The van der Waals surface area contributed by atoms with E-state index in [1.165, 1.54) is 12.1 Å². The summed E-state index contributed by atoms with van der Waals surface area (Å²) in [5.74, 6) is 0. The van der Waals surface area contributed by atoms with E-state index in [4.69, 9.17) is 23.2 Å². The highest BCUT2D eigenvalue weighted by Gasteiger charge is 2.18. The van der Waals surface area contributed by atoms with Gasteiger partial charge in [0.05, 0.1) is 17.7 Å². The van der Waals surface area contributed by atoms with Gasteiger partial charge in [0, 0.05) is 0 Å². The molecule has 0 aliphatic heterocycles. The summed E-state index contributed by atoms with van der Waals surface area (Å²) in [6.07, 6.45) is -1.18. The van der Waals surface area contributed by atoms with Crippen molar-refractivity contribution >= 4 is 47.0 Å². The molecule has 0 N–H and O–H groups in total. The minimum Gasteiger partial charge on any atom is -0.370 e. The molecule has 1 rings (SSSR count). The molecule has 0 unspecified atom stereocenters. The van der Waals surface area contributed by atoms with Crippen LogP contribution in [0.2, 0.25) is 0 Å². The molecule has 0 saturated heterocycles. The number of hydrogen-bond donors (Lipinski definition) is 0. The van der Waals surface area contributed by atoms with Crippen molar-refractivity contribution in [3.8, 4) is 0 Å². The normalized spacial score (nSPS) is 10.1. The van der Waals surface area contributed by atoms with Crippen LogP contribution in [-0.4, -0.2) is 10.3 Å². The number of amides is 1. The molecular weight excluding hydrogens is 264 g/mol. The van der Waals surface area contributed by atoms with Gasteiger partial charge in [-0.25, -0.2) is 4.79 Å². The maximum Gasteiger partial charge on any atom is 0.455 e. The first-order valence-electron chi connectivity index (χ1n) is 3.77. The number of carbonyl (C=O) groups is 1. The van der Waals surface area contributed by atoms with Crippen LogP contribution in [0.1, 0.15) is 0 Å². The molecule has 0 aliphatic carbocycles. The second-order valence-corrected chi connectivity index (χ2v) is 4.77. The minimum atomic E-state index is -1.18. The summed E-state index contributed by atoms with van der Waals surface area (Å²) < 4.78 is 16.7. The third-order valence-electron chi connectivity index (χ3n) is 1.34. The quantitative estimate of drug-likeness (QED) is 0.473. The first-order chi connectivity index (χ1) is 7.11. The molecule has 0 aliphatic rings. The summed E-state index contributed by atoms with van der Waals surface area (Å²) >= 11 is 11.0. The van der Waals surface area contributed by atoms with Gasteiger partial charge in [-0.3, -0.25) is 0 Å². The van der Waals surface area contributed by atoms with Crippen LogP contribution in [-0.2, 0) is 4.18 Å². The van der Waals surface area contributed by atoms with Crippen LogP contribution in [0.3, 0.4) is 0 Å². The van der Waals surface area contributed by atoms with Crippen molar-refractivity contribution in [1.29, 1.82) is 0 Å². The van der Waals surface area contributed by atoms with E-state index in [0.717, 1.165) is 0 Å². The number of para-hydroxylation sites is 1. The lowest BCUT2D eigenvalue weighted by molar-refractivity contribution is 0.200. The first kappa shape index (κ1) is 12.4. The second kappa shape index (κ2) is 6.05. The maximum absolute atomic E-state index is 13.2. The second-order valence-electron chi connectivity index (χ2n) is 2.32. The van der Waals surface area contributed by atoms with Crippen molar-refractivity contribution in [3.05, 3.63) is 30.3 Å². The van der Waals surface area contributed by atoms with Crippen molar-refractivity contribution in [3.63, 3.8) is 0 Å². The number of anilines is 1. The van der Waals surface area contributed by atoms with Gasteiger partial charge >= 0.3 is 6.09 Å². The Balaban J connectivity index is 2.54. The Labute approximate surface area is 100 Å². The van der Waals surface area contributed by atoms with Gasteiger partial charge in [0.25, 0.3) is 0 Å². The molecule has 7 heteroatoms. The zero-order valence-corrected chi connectivity index (χ0v) is 9.60. The van der Waals surface area contributed by atoms with Gasteiger partial charge in [-0.15, -0.1) is 5.12 Å². The highest BCUT2D eigenvalue weighted by atomic mass is 35.5. The monoisotopic (exact) mass is 269 g/mol. The summed E-state index contributed by atoms with van der Waals surface area (Å²) in [4.78, 5) is 11.0. The van der Waals surface area contributed by atoms with E-state index < -0.39 is 10.3 Å². The Bertz CT molecular complexity index is 326. The molecule has 0 heterocycles. The minimum absolute atomic E-state index is 0.0730. The molecule has 0 saturated carbocycles. The van der Waals surface area contributed by atoms with Crippen LogP contribution in [0.4, 0.5) is 15.0 Å². The van der Waals surface area contributed by atoms with E-state index in [9.17, 15) is 9.28 Å². The Kier molecular flexibility index (Phi) is 5.01. The summed E-state index contributed by atoms with van der Waals surface area (Å²) in [7, 11) is 0. The number of nitrogens with zero attached hydrogens (tertiary/aromatic N) is 1. The third kappa shape index (κ3) is 4.15. The molecule has 0 bridgehead atoms. The number of alkyl halides is 2. The average molecular weight is 270 g/mol. The molecule has 0 radical (unpaired) electrons. The molecular formula is C8H6Cl2FNO2S. The first-order valence-corrected chi connectivity index (χ1v) is 5.45. The zero-order valence-electron chi connectivity index (χ0n) is 7.27. The Morgan fingerprint density at radius 3 is 2.53 bits per heavy atom. The van der Waals surface area contributed by atoms with Gasteiger partial charge in [0.1, 0.15) is 0 Å². The van der Waals surface area contributed by atoms with Crippen molar-refractivity contribution in [1.82, 2.24) is 0 Å². The summed E-state index contributed by atoms with van der Waals surface area (Å²) in [6, 6.07) is 7.73. The highest BCUT2D eigenvalue weighted by molar-refractivity contribution is 7.98. The zero-order chi connectivity index (χ0) is 11.3. The van der Waals surface area contributed by atoms with Crippen molar-refractivity contribution < 1.29 is 13.5 Å². The van der Waals surface area contributed by atoms with Gasteiger partial charge in [-0.1, -0.05) is 45.9 Å². The lowest BCUT2D eigenvalue weighted by Crippen LogP contribution is -2.20. The SMILES string of the molecule is O=C(OSC(Cl)Cl)N(F)c1ccccc1. The predicted molar refractivity (Wildman–Crippen MR) is 59.6 cm³/mol. The van der Waals surface area contributed by atoms with Crippen LogP contribution >= 0.6 is 35.2 Å². The number of rotatable bonds is 3. The molecule has 0 spiro atoms. The van der Waals surface area contributed by atoms with Gasteiger partial charge in [0.2, 0.25) is 0 Å². The highest BCUT2D eigenvalue weighted by Crippen LogP contribution is 2.23. The number of carbonyl (C=O) groups excluding carboxylic acids is 1. The molecule has 3 nitrogen and oxygen atoms in total. The molecule has 1 amide bonds. The standard InChI is InChI=1S/C8H6Cl2FNO2S/c9-7(10)15-14-8(13)12(11)6-4-2-1-3-5-6/h1-5,7H. The summed E-state index contributed by atoms with van der Waals surface area (Å²) in [5, 5.41) is -0.136. The van der Waals surface area contributed by atoms with E-state index in [1.807, 2.05) is 0 Å². The molecule has 15 heavy (non-hydrogen) atoms. The third-order valence-corrected chi connectivity index (χ3v) is 2.16. The van der Waals surface area contributed by atoms with Gasteiger partial charge in [-0.05, 0) is 12.1 Å². The fourth-order valence-corrected chi connectivity index (χ4v) is 1.21. The van der Waals surface area contributed by atoms with Crippen LogP contribution < -0.4 is 5.12 Å². The molecule has 82 valence electrons. The lowest BCUT2D eigenvalue weighted by Gasteiger charge is -2.10. The van der Waals surface area contributed by atoms with Crippen molar-refractivity contribution in [2.45, 2.75) is 4.17 Å². The van der Waals surface area contributed by atoms with E-state index in [0.29, 0.717) is 12.0 Å². The van der Waals surface area contributed by atoms with Gasteiger partial charge < -0.3 is 4.18 Å². The van der Waals surface area contributed by atoms with Crippen LogP contribution in [0.5, 0.6) is 0 Å². The lowest BCUT2D eigenvalue weighted by atomic mass is 10.3. The molecule has 0 atom stereocenters. The predicted octanol–water partition coefficient (Wildman–Crippen LogP) is 3.92. The number of halogens is 3. The van der Waals surface area contributed by atoms with Crippen LogP contribution in [0.15, 0.2) is 30.3 Å². The van der Waals surface area contributed by atoms with E-state index in [1.54, 1.807) is 18.2 Å². The van der Waals surface area contributed by atoms with E-state index in [2.05, 4.69) is 4.18 Å². The molecule has 1 aromatic carbocycles. The Hall–Kier alpha value is -0.650.